The number of nitrogens with one attached hydrogen (secondary N) is 1. The first kappa shape index (κ1) is 26.6. The van der Waals surface area contributed by atoms with Gasteiger partial charge in [0.15, 0.2) is 0 Å². The molecule has 35 heavy (non-hydrogen) atoms. The number of hydrogen-bond donors (Lipinski definition) is 1. The van der Waals surface area contributed by atoms with Crippen LogP contribution in [0.2, 0.25) is 0 Å². The van der Waals surface area contributed by atoms with Gasteiger partial charge in [-0.25, -0.2) is 0 Å². The lowest BCUT2D eigenvalue weighted by atomic mass is 10.0. The molecule has 1 unspecified atom stereocenters. The molecule has 0 fully saturated rings. The average molecular weight is 489 g/mol. The summed E-state index contributed by atoms with van der Waals surface area (Å²) in [6.45, 7) is 7.16. The summed E-state index contributed by atoms with van der Waals surface area (Å²) in [5, 5.41) is 3.04. The molecule has 0 radical (unpaired) electrons. The Labute approximate surface area is 214 Å². The van der Waals surface area contributed by atoms with E-state index < -0.39 is 6.04 Å². The molecule has 0 aliphatic carbocycles. The number of carbonyl (C=O) groups is 2. The fraction of sp³-hybridized carbons (Fsp3) is 0.333. The van der Waals surface area contributed by atoms with Gasteiger partial charge < -0.3 is 10.2 Å². The van der Waals surface area contributed by atoms with E-state index in [4.69, 9.17) is 0 Å². The molecule has 3 rings (SSSR count). The van der Waals surface area contributed by atoms with E-state index in [1.807, 2.05) is 74.5 Å². The Hall–Kier alpha value is -3.05. The number of amides is 2. The van der Waals surface area contributed by atoms with Crippen LogP contribution in [0.4, 0.5) is 0 Å². The first-order valence-electron chi connectivity index (χ1n) is 12.3. The highest BCUT2D eigenvalue weighted by molar-refractivity contribution is 7.99. The molecule has 0 aromatic heterocycles. The molecule has 3 aromatic rings. The lowest BCUT2D eigenvalue weighted by molar-refractivity contribution is -0.139. The van der Waals surface area contributed by atoms with Crippen LogP contribution >= 0.6 is 11.8 Å². The van der Waals surface area contributed by atoms with Crippen molar-refractivity contribution < 1.29 is 9.59 Å². The maximum absolute atomic E-state index is 13.7. The molecule has 0 saturated carbocycles. The van der Waals surface area contributed by atoms with Crippen molar-refractivity contribution in [3.05, 3.63) is 107 Å². The summed E-state index contributed by atoms with van der Waals surface area (Å²) in [6, 6.07) is 25.8. The van der Waals surface area contributed by atoms with Crippen molar-refractivity contribution in [1.29, 1.82) is 0 Å². The standard InChI is InChI=1S/C30H36N2O2S/c1-4-17-31-30(34)28(19-25-13-6-5-7-14-25)32(20-27-16-9-8-12-24(27)3)29(33)22-35-21-26-15-10-11-23(2)18-26/h5-16,18,28H,4,17,19-22H2,1-3H3,(H,31,34). The molecular weight excluding hydrogens is 452 g/mol. The second-order valence-corrected chi connectivity index (χ2v) is 9.91. The van der Waals surface area contributed by atoms with Gasteiger partial charge in [0.1, 0.15) is 6.04 Å². The average Bonchev–Trinajstić information content (AvgIpc) is 2.86. The zero-order valence-electron chi connectivity index (χ0n) is 21.0. The first-order valence-corrected chi connectivity index (χ1v) is 13.4. The van der Waals surface area contributed by atoms with Crippen LogP contribution in [0, 0.1) is 13.8 Å². The summed E-state index contributed by atoms with van der Waals surface area (Å²) in [7, 11) is 0. The van der Waals surface area contributed by atoms with Crippen LogP contribution in [-0.4, -0.2) is 35.1 Å². The Kier molecular flexibility index (Phi) is 10.4. The van der Waals surface area contributed by atoms with Gasteiger partial charge in [-0.2, -0.15) is 0 Å². The molecule has 0 saturated heterocycles. The SMILES string of the molecule is CCCNC(=O)C(Cc1ccccc1)N(Cc1ccccc1C)C(=O)CSCc1cccc(C)c1. The van der Waals surface area contributed by atoms with E-state index >= 15 is 0 Å². The van der Waals surface area contributed by atoms with Gasteiger partial charge in [0.05, 0.1) is 5.75 Å². The molecule has 184 valence electrons. The van der Waals surface area contributed by atoms with Gasteiger partial charge in [-0.1, -0.05) is 91.3 Å². The number of hydrogen-bond acceptors (Lipinski definition) is 3. The van der Waals surface area contributed by atoms with Crippen molar-refractivity contribution in [2.24, 2.45) is 0 Å². The monoisotopic (exact) mass is 488 g/mol. The third kappa shape index (κ3) is 8.29. The van der Waals surface area contributed by atoms with E-state index in [1.54, 1.807) is 16.7 Å². The molecule has 0 heterocycles. The molecule has 4 nitrogen and oxygen atoms in total. The van der Waals surface area contributed by atoms with Crippen LogP contribution in [0.5, 0.6) is 0 Å². The number of benzene rings is 3. The topological polar surface area (TPSA) is 49.4 Å². The smallest absolute Gasteiger partial charge is 0.243 e. The van der Waals surface area contributed by atoms with Gasteiger partial charge in [0.2, 0.25) is 11.8 Å². The van der Waals surface area contributed by atoms with Crippen LogP contribution in [0.3, 0.4) is 0 Å². The minimum Gasteiger partial charge on any atom is -0.354 e. The summed E-state index contributed by atoms with van der Waals surface area (Å²) in [5.74, 6) is 0.975. The van der Waals surface area contributed by atoms with Gasteiger partial charge in [0.25, 0.3) is 0 Å². The summed E-state index contributed by atoms with van der Waals surface area (Å²) < 4.78 is 0. The van der Waals surface area contributed by atoms with E-state index in [9.17, 15) is 9.59 Å². The largest absolute Gasteiger partial charge is 0.354 e. The zero-order valence-corrected chi connectivity index (χ0v) is 21.8. The van der Waals surface area contributed by atoms with Gasteiger partial charge in [-0.3, -0.25) is 9.59 Å². The van der Waals surface area contributed by atoms with E-state index in [-0.39, 0.29) is 11.8 Å². The predicted octanol–water partition coefficient (Wildman–Crippen LogP) is 5.70. The van der Waals surface area contributed by atoms with Crippen molar-refractivity contribution >= 4 is 23.6 Å². The Morgan fingerprint density at radius 3 is 2.34 bits per heavy atom. The van der Waals surface area contributed by atoms with Crippen LogP contribution in [0.1, 0.15) is 41.2 Å². The lowest BCUT2D eigenvalue weighted by Crippen LogP contribution is -2.51. The first-order chi connectivity index (χ1) is 17.0. The molecule has 2 amide bonds. The van der Waals surface area contributed by atoms with Gasteiger partial charge in [0, 0.05) is 25.3 Å². The highest BCUT2D eigenvalue weighted by Gasteiger charge is 2.30. The highest BCUT2D eigenvalue weighted by atomic mass is 32.2. The van der Waals surface area contributed by atoms with Crippen molar-refractivity contribution in [1.82, 2.24) is 10.2 Å². The fourth-order valence-electron chi connectivity index (χ4n) is 4.03. The Balaban J connectivity index is 1.84. The summed E-state index contributed by atoms with van der Waals surface area (Å²) in [5.41, 5.74) is 5.64. The number of thioether (sulfide) groups is 1. The summed E-state index contributed by atoms with van der Waals surface area (Å²) >= 11 is 1.60. The van der Waals surface area contributed by atoms with Crippen molar-refractivity contribution in [2.75, 3.05) is 12.3 Å². The second kappa shape index (κ2) is 13.7. The Morgan fingerprint density at radius 2 is 1.63 bits per heavy atom. The Bertz CT molecular complexity index is 1100. The maximum atomic E-state index is 13.7. The fourth-order valence-corrected chi connectivity index (χ4v) is 4.89. The van der Waals surface area contributed by atoms with Gasteiger partial charge in [-0.05, 0) is 42.5 Å². The highest BCUT2D eigenvalue weighted by Crippen LogP contribution is 2.20. The summed E-state index contributed by atoms with van der Waals surface area (Å²) in [6.07, 6.45) is 1.33. The van der Waals surface area contributed by atoms with Crippen molar-refractivity contribution in [3.63, 3.8) is 0 Å². The number of nitrogens with zero attached hydrogens (tertiary/aromatic N) is 1. The molecule has 0 bridgehead atoms. The van der Waals surface area contributed by atoms with Crippen LogP contribution in [0.25, 0.3) is 0 Å². The Morgan fingerprint density at radius 1 is 0.914 bits per heavy atom. The molecule has 0 aliphatic rings. The molecule has 5 heteroatoms. The van der Waals surface area contributed by atoms with E-state index in [0.29, 0.717) is 25.3 Å². The quantitative estimate of drug-likeness (QED) is 0.356. The lowest BCUT2D eigenvalue weighted by Gasteiger charge is -2.32. The zero-order chi connectivity index (χ0) is 25.0. The molecule has 1 N–H and O–H groups in total. The molecule has 3 aromatic carbocycles. The third-order valence-electron chi connectivity index (χ3n) is 6.00. The number of carbonyl (C=O) groups excluding carboxylic acids is 2. The van der Waals surface area contributed by atoms with E-state index in [0.717, 1.165) is 28.9 Å². The van der Waals surface area contributed by atoms with Crippen molar-refractivity contribution in [2.45, 2.75) is 52.0 Å². The molecule has 1 atom stereocenters. The minimum atomic E-state index is -0.573. The van der Waals surface area contributed by atoms with E-state index in [1.165, 1.54) is 11.1 Å². The normalized spacial score (nSPS) is 11.6. The van der Waals surface area contributed by atoms with Crippen LogP contribution in [-0.2, 0) is 28.3 Å². The molecular formula is C30H36N2O2S. The van der Waals surface area contributed by atoms with Crippen LogP contribution < -0.4 is 5.32 Å². The number of aryl methyl sites for hydroxylation is 2. The van der Waals surface area contributed by atoms with Crippen LogP contribution in [0.15, 0.2) is 78.9 Å². The minimum absolute atomic E-state index is 0.0153. The predicted molar refractivity (Wildman–Crippen MR) is 146 cm³/mol. The summed E-state index contributed by atoms with van der Waals surface area (Å²) in [4.78, 5) is 28.8. The maximum Gasteiger partial charge on any atom is 0.243 e. The third-order valence-corrected chi connectivity index (χ3v) is 6.99. The van der Waals surface area contributed by atoms with Gasteiger partial charge >= 0.3 is 0 Å². The number of rotatable bonds is 12. The second-order valence-electron chi connectivity index (χ2n) is 8.93. The van der Waals surface area contributed by atoms with Gasteiger partial charge in [-0.15, -0.1) is 11.8 Å². The van der Waals surface area contributed by atoms with E-state index in [2.05, 4.69) is 30.4 Å². The molecule has 0 aliphatic heterocycles. The van der Waals surface area contributed by atoms with Crippen molar-refractivity contribution in [3.8, 4) is 0 Å². The molecule has 0 spiro atoms.